The molecule has 0 aliphatic rings. The van der Waals surface area contributed by atoms with Gasteiger partial charge < -0.3 is 15.4 Å². The molecule has 0 fully saturated rings. The van der Waals surface area contributed by atoms with Gasteiger partial charge in [0.1, 0.15) is 5.75 Å². The first kappa shape index (κ1) is 18.5. The number of hydrogen-bond donors (Lipinski definition) is 2. The molecule has 0 saturated heterocycles. The van der Waals surface area contributed by atoms with Crippen LogP contribution < -0.4 is 15.4 Å². The third-order valence-corrected chi connectivity index (χ3v) is 4.90. The molecule has 7 heteroatoms. The van der Waals surface area contributed by atoms with Crippen molar-refractivity contribution >= 4 is 28.9 Å². The summed E-state index contributed by atoms with van der Waals surface area (Å²) in [4.78, 5) is 8.76. The Morgan fingerprint density at radius 3 is 2.83 bits per heavy atom. The van der Waals surface area contributed by atoms with Crippen molar-refractivity contribution in [3.05, 3.63) is 44.9 Å². The van der Waals surface area contributed by atoms with Gasteiger partial charge in [-0.1, -0.05) is 24.6 Å². The van der Waals surface area contributed by atoms with E-state index in [1.54, 1.807) is 25.5 Å². The molecule has 130 valence electrons. The van der Waals surface area contributed by atoms with Crippen LogP contribution >= 0.6 is 22.9 Å². The van der Waals surface area contributed by atoms with Crippen LogP contribution in [0.4, 0.5) is 0 Å². The van der Waals surface area contributed by atoms with E-state index in [0.29, 0.717) is 11.6 Å². The molecule has 0 atom stereocenters. The highest BCUT2D eigenvalue weighted by molar-refractivity contribution is 7.09. The monoisotopic (exact) mass is 366 g/mol. The minimum absolute atomic E-state index is 0.666. The Kier molecular flexibility index (Phi) is 7.34. The van der Waals surface area contributed by atoms with Crippen molar-refractivity contribution in [1.82, 2.24) is 15.6 Å². The van der Waals surface area contributed by atoms with Gasteiger partial charge in [-0.25, -0.2) is 4.98 Å². The molecule has 24 heavy (non-hydrogen) atoms. The van der Waals surface area contributed by atoms with Gasteiger partial charge in [0.05, 0.1) is 24.4 Å². The van der Waals surface area contributed by atoms with E-state index in [4.69, 9.17) is 16.3 Å². The molecular weight excluding hydrogens is 344 g/mol. The first-order valence-corrected chi connectivity index (χ1v) is 9.12. The summed E-state index contributed by atoms with van der Waals surface area (Å²) in [6.45, 7) is 3.52. The van der Waals surface area contributed by atoms with Crippen molar-refractivity contribution in [3.63, 3.8) is 0 Å². The summed E-state index contributed by atoms with van der Waals surface area (Å²) in [5, 5.41) is 10.5. The van der Waals surface area contributed by atoms with Gasteiger partial charge in [-0.3, -0.25) is 4.99 Å². The lowest BCUT2D eigenvalue weighted by Gasteiger charge is -2.12. The van der Waals surface area contributed by atoms with E-state index in [9.17, 15) is 0 Å². The zero-order chi connectivity index (χ0) is 17.4. The molecular formula is C17H23ClN4OS. The quantitative estimate of drug-likeness (QED) is 0.583. The van der Waals surface area contributed by atoms with Crippen LogP contribution in [-0.2, 0) is 19.4 Å². The van der Waals surface area contributed by atoms with Crippen molar-refractivity contribution in [2.24, 2.45) is 4.99 Å². The Balaban J connectivity index is 1.79. The summed E-state index contributed by atoms with van der Waals surface area (Å²) in [5.41, 5.74) is 2.12. The number of thiazole rings is 1. The summed E-state index contributed by atoms with van der Waals surface area (Å²) in [6, 6.07) is 5.74. The number of aliphatic imine (C=N–C) groups is 1. The molecule has 0 saturated carbocycles. The van der Waals surface area contributed by atoms with Crippen molar-refractivity contribution in [1.29, 1.82) is 0 Å². The number of benzene rings is 1. The molecule has 0 aliphatic carbocycles. The first-order valence-electron chi connectivity index (χ1n) is 7.86. The zero-order valence-corrected chi connectivity index (χ0v) is 15.8. The number of hydrogen-bond acceptors (Lipinski definition) is 4. The standard InChI is InChI=1S/C17H23ClN4OS/c1-4-16-22-13(11-24-16)10-21-17(19-2)20-8-7-12-5-6-14(23-3)9-15(12)18/h5-6,9,11H,4,7-8,10H2,1-3H3,(H2,19,20,21). The average Bonchev–Trinajstić information content (AvgIpc) is 3.07. The van der Waals surface area contributed by atoms with E-state index >= 15 is 0 Å². The van der Waals surface area contributed by atoms with E-state index in [2.05, 4.69) is 32.9 Å². The number of ether oxygens (including phenoxy) is 1. The van der Waals surface area contributed by atoms with Crippen molar-refractivity contribution in [2.45, 2.75) is 26.3 Å². The second-order valence-corrected chi connectivity index (χ2v) is 6.50. The van der Waals surface area contributed by atoms with Gasteiger partial charge in [0.2, 0.25) is 0 Å². The van der Waals surface area contributed by atoms with Crippen LogP contribution in [0.15, 0.2) is 28.6 Å². The highest BCUT2D eigenvalue weighted by Crippen LogP contribution is 2.22. The number of aromatic nitrogens is 1. The van der Waals surface area contributed by atoms with Crippen LogP contribution in [0.25, 0.3) is 0 Å². The minimum Gasteiger partial charge on any atom is -0.497 e. The molecule has 1 aromatic carbocycles. The highest BCUT2D eigenvalue weighted by atomic mass is 35.5. The summed E-state index contributed by atoms with van der Waals surface area (Å²) < 4.78 is 5.16. The van der Waals surface area contributed by atoms with Crippen molar-refractivity contribution in [3.8, 4) is 5.75 Å². The number of halogens is 1. The van der Waals surface area contributed by atoms with Crippen LogP contribution in [0.5, 0.6) is 5.75 Å². The molecule has 2 aromatic rings. The van der Waals surface area contributed by atoms with Crippen LogP contribution in [0.3, 0.4) is 0 Å². The third-order valence-electron chi connectivity index (χ3n) is 3.51. The summed E-state index contributed by atoms with van der Waals surface area (Å²) in [5.74, 6) is 1.52. The fraction of sp³-hybridized carbons (Fsp3) is 0.412. The number of guanidine groups is 1. The molecule has 5 nitrogen and oxygen atoms in total. The smallest absolute Gasteiger partial charge is 0.191 e. The lowest BCUT2D eigenvalue weighted by molar-refractivity contribution is 0.414. The predicted octanol–water partition coefficient (Wildman–Crippen LogP) is 3.28. The Morgan fingerprint density at radius 1 is 1.38 bits per heavy atom. The highest BCUT2D eigenvalue weighted by Gasteiger charge is 2.05. The van der Waals surface area contributed by atoms with Gasteiger partial charge in [0, 0.05) is 24.0 Å². The summed E-state index contributed by atoms with van der Waals surface area (Å²) in [7, 11) is 3.39. The molecule has 1 heterocycles. The summed E-state index contributed by atoms with van der Waals surface area (Å²) >= 11 is 7.95. The number of aryl methyl sites for hydroxylation is 1. The number of nitrogens with zero attached hydrogens (tertiary/aromatic N) is 2. The zero-order valence-electron chi connectivity index (χ0n) is 14.2. The summed E-state index contributed by atoms with van der Waals surface area (Å²) in [6.07, 6.45) is 1.78. The molecule has 1 aromatic heterocycles. The minimum atomic E-state index is 0.666. The molecule has 0 amide bonds. The molecule has 0 aliphatic heterocycles. The van der Waals surface area contributed by atoms with Crippen LogP contribution in [0.2, 0.25) is 5.02 Å². The fourth-order valence-corrected chi connectivity index (χ4v) is 3.17. The van der Waals surface area contributed by atoms with E-state index in [1.165, 1.54) is 0 Å². The van der Waals surface area contributed by atoms with Gasteiger partial charge in [0.25, 0.3) is 0 Å². The number of nitrogens with one attached hydrogen (secondary N) is 2. The molecule has 2 N–H and O–H groups in total. The maximum Gasteiger partial charge on any atom is 0.191 e. The average molecular weight is 367 g/mol. The molecule has 2 rings (SSSR count). The van der Waals surface area contributed by atoms with Crippen molar-refractivity contribution in [2.75, 3.05) is 20.7 Å². The number of rotatable bonds is 7. The van der Waals surface area contributed by atoms with E-state index < -0.39 is 0 Å². The van der Waals surface area contributed by atoms with Gasteiger partial charge in [-0.2, -0.15) is 0 Å². The Hall–Kier alpha value is -1.79. The van der Waals surface area contributed by atoms with Gasteiger partial charge in [-0.15, -0.1) is 11.3 Å². The van der Waals surface area contributed by atoms with Crippen LogP contribution in [-0.4, -0.2) is 31.6 Å². The van der Waals surface area contributed by atoms with E-state index in [-0.39, 0.29) is 0 Å². The van der Waals surface area contributed by atoms with Gasteiger partial charge >= 0.3 is 0 Å². The van der Waals surface area contributed by atoms with Gasteiger partial charge in [0.15, 0.2) is 5.96 Å². The van der Waals surface area contributed by atoms with Gasteiger partial charge in [-0.05, 0) is 30.5 Å². The maximum absolute atomic E-state index is 6.25. The largest absolute Gasteiger partial charge is 0.497 e. The number of methoxy groups -OCH3 is 1. The molecule has 0 spiro atoms. The van der Waals surface area contributed by atoms with Crippen molar-refractivity contribution < 1.29 is 4.74 Å². The van der Waals surface area contributed by atoms with Crippen LogP contribution in [0, 0.1) is 0 Å². The SMILES string of the molecule is CCc1nc(CNC(=NC)NCCc2ccc(OC)cc2Cl)cs1. The molecule has 0 bridgehead atoms. The Morgan fingerprint density at radius 2 is 2.21 bits per heavy atom. The van der Waals surface area contributed by atoms with E-state index in [0.717, 1.165) is 47.4 Å². The maximum atomic E-state index is 6.25. The predicted molar refractivity (Wildman–Crippen MR) is 101 cm³/mol. The van der Waals surface area contributed by atoms with E-state index in [1.807, 2.05) is 18.2 Å². The normalized spacial score (nSPS) is 11.4. The lowest BCUT2D eigenvalue weighted by Crippen LogP contribution is -2.37. The third kappa shape index (κ3) is 5.39. The second-order valence-electron chi connectivity index (χ2n) is 5.15. The Labute approximate surface area is 152 Å². The Bertz CT molecular complexity index is 687. The molecule has 0 radical (unpaired) electrons. The topological polar surface area (TPSA) is 58.5 Å². The second kappa shape index (κ2) is 9.49. The fourth-order valence-electron chi connectivity index (χ4n) is 2.16. The lowest BCUT2D eigenvalue weighted by atomic mass is 10.1. The molecule has 0 unspecified atom stereocenters. The van der Waals surface area contributed by atoms with Crippen LogP contribution in [0.1, 0.15) is 23.2 Å². The first-order chi connectivity index (χ1) is 11.7.